The van der Waals surface area contributed by atoms with E-state index in [1.807, 2.05) is 0 Å². The molecule has 0 spiro atoms. The fourth-order valence-electron chi connectivity index (χ4n) is 2.24. The molecule has 0 radical (unpaired) electrons. The second kappa shape index (κ2) is 6.47. The molecule has 0 saturated heterocycles. The number of carbonyl (C=O) groups is 2. The first-order valence-electron chi connectivity index (χ1n) is 6.19. The molecule has 0 heterocycles. The number of aliphatic carboxylic acids is 1. The molecule has 1 rings (SSSR count). The van der Waals surface area contributed by atoms with E-state index in [0.717, 1.165) is 5.92 Å². The van der Waals surface area contributed by atoms with E-state index in [0.29, 0.717) is 12.5 Å². The molecule has 1 aliphatic rings. The summed E-state index contributed by atoms with van der Waals surface area (Å²) >= 11 is 0. The van der Waals surface area contributed by atoms with Crippen molar-refractivity contribution < 1.29 is 14.7 Å². The average molecular weight is 242 g/mol. The molecule has 0 aromatic heterocycles. The second-order valence-corrected chi connectivity index (χ2v) is 5.04. The van der Waals surface area contributed by atoms with Crippen molar-refractivity contribution in [2.75, 3.05) is 20.1 Å². The van der Waals surface area contributed by atoms with E-state index in [4.69, 9.17) is 5.11 Å². The van der Waals surface area contributed by atoms with Crippen LogP contribution in [0.25, 0.3) is 0 Å². The van der Waals surface area contributed by atoms with Gasteiger partial charge in [-0.1, -0.05) is 13.3 Å². The van der Waals surface area contributed by atoms with Crippen molar-refractivity contribution >= 4 is 12.0 Å². The minimum atomic E-state index is -0.880. The summed E-state index contributed by atoms with van der Waals surface area (Å²) in [6, 6.07) is -0.175. The number of amides is 2. The average Bonchev–Trinajstić information content (AvgIpc) is 2.68. The van der Waals surface area contributed by atoms with Gasteiger partial charge in [-0.05, 0) is 24.7 Å². The summed E-state index contributed by atoms with van der Waals surface area (Å²) in [5.41, 5.74) is 0. The number of nitrogens with one attached hydrogen (secondary N) is 1. The number of carboxylic acid groups (broad SMARTS) is 1. The zero-order chi connectivity index (χ0) is 12.8. The van der Waals surface area contributed by atoms with Gasteiger partial charge < -0.3 is 15.3 Å². The summed E-state index contributed by atoms with van der Waals surface area (Å²) in [6.45, 7) is 3.20. The summed E-state index contributed by atoms with van der Waals surface area (Å²) in [5, 5.41) is 11.4. The second-order valence-electron chi connectivity index (χ2n) is 5.04. The van der Waals surface area contributed by atoms with E-state index in [-0.39, 0.29) is 19.0 Å². The summed E-state index contributed by atoms with van der Waals surface area (Å²) in [6.07, 6.45) is 3.60. The van der Waals surface area contributed by atoms with Crippen molar-refractivity contribution in [3.05, 3.63) is 0 Å². The smallest absolute Gasteiger partial charge is 0.317 e. The number of urea groups is 1. The van der Waals surface area contributed by atoms with E-state index >= 15 is 0 Å². The zero-order valence-electron chi connectivity index (χ0n) is 10.6. The fourth-order valence-corrected chi connectivity index (χ4v) is 2.24. The lowest BCUT2D eigenvalue weighted by atomic mass is 10.1. The summed E-state index contributed by atoms with van der Waals surface area (Å²) in [5.74, 6) is 0.470. The standard InChI is InChI=1S/C12H22N2O3/c1-9-3-4-10(7-9)8-13-12(17)14(2)6-5-11(15)16/h9-10H,3-8H2,1-2H3,(H,13,17)(H,15,16). The zero-order valence-corrected chi connectivity index (χ0v) is 10.6. The van der Waals surface area contributed by atoms with E-state index in [1.165, 1.54) is 24.2 Å². The van der Waals surface area contributed by atoms with Crippen molar-refractivity contribution in [1.29, 1.82) is 0 Å². The molecule has 2 amide bonds. The van der Waals surface area contributed by atoms with Gasteiger partial charge in [-0.25, -0.2) is 4.79 Å². The lowest BCUT2D eigenvalue weighted by Gasteiger charge is -2.18. The first kappa shape index (κ1) is 13.8. The van der Waals surface area contributed by atoms with Crippen LogP contribution in [0.15, 0.2) is 0 Å². The van der Waals surface area contributed by atoms with Gasteiger partial charge in [-0.15, -0.1) is 0 Å². The Morgan fingerprint density at radius 3 is 2.65 bits per heavy atom. The van der Waals surface area contributed by atoms with E-state index in [2.05, 4.69) is 12.2 Å². The van der Waals surface area contributed by atoms with Crippen LogP contribution in [-0.4, -0.2) is 42.1 Å². The molecule has 1 fully saturated rings. The highest BCUT2D eigenvalue weighted by molar-refractivity contribution is 5.74. The lowest BCUT2D eigenvalue weighted by Crippen LogP contribution is -2.40. The molecule has 5 heteroatoms. The summed E-state index contributed by atoms with van der Waals surface area (Å²) in [4.78, 5) is 23.4. The van der Waals surface area contributed by atoms with Crippen LogP contribution in [-0.2, 0) is 4.79 Å². The topological polar surface area (TPSA) is 69.6 Å². The van der Waals surface area contributed by atoms with E-state index in [1.54, 1.807) is 7.05 Å². The molecule has 0 aliphatic heterocycles. The third kappa shape index (κ3) is 5.06. The number of nitrogens with zero attached hydrogens (tertiary/aromatic N) is 1. The molecule has 2 N–H and O–H groups in total. The van der Waals surface area contributed by atoms with Crippen LogP contribution in [0.3, 0.4) is 0 Å². The molecule has 0 aromatic carbocycles. The van der Waals surface area contributed by atoms with Gasteiger partial charge in [0.2, 0.25) is 0 Å². The number of hydrogen-bond donors (Lipinski definition) is 2. The molecule has 2 atom stereocenters. The van der Waals surface area contributed by atoms with Crippen molar-refractivity contribution in [1.82, 2.24) is 10.2 Å². The van der Waals surface area contributed by atoms with Crippen molar-refractivity contribution in [3.8, 4) is 0 Å². The molecule has 1 aliphatic carbocycles. The maximum atomic E-state index is 11.6. The number of rotatable bonds is 5. The van der Waals surface area contributed by atoms with Gasteiger partial charge in [-0.3, -0.25) is 4.79 Å². The Kier molecular flexibility index (Phi) is 5.25. The summed E-state index contributed by atoms with van der Waals surface area (Å²) in [7, 11) is 1.62. The largest absolute Gasteiger partial charge is 0.481 e. The Balaban J connectivity index is 2.17. The molecule has 17 heavy (non-hydrogen) atoms. The van der Waals surface area contributed by atoms with Crippen LogP contribution in [0.1, 0.15) is 32.6 Å². The summed E-state index contributed by atoms with van der Waals surface area (Å²) < 4.78 is 0. The lowest BCUT2D eigenvalue weighted by molar-refractivity contribution is -0.137. The SMILES string of the molecule is CC1CCC(CNC(=O)N(C)CCC(=O)O)C1. The molecule has 5 nitrogen and oxygen atoms in total. The van der Waals surface area contributed by atoms with Gasteiger partial charge in [0.1, 0.15) is 0 Å². The van der Waals surface area contributed by atoms with Crippen LogP contribution < -0.4 is 5.32 Å². The van der Waals surface area contributed by atoms with Gasteiger partial charge in [0.15, 0.2) is 0 Å². The van der Waals surface area contributed by atoms with Crippen molar-refractivity contribution in [2.24, 2.45) is 11.8 Å². The Morgan fingerprint density at radius 1 is 1.41 bits per heavy atom. The van der Waals surface area contributed by atoms with E-state index < -0.39 is 5.97 Å². The normalized spacial score (nSPS) is 23.4. The minimum absolute atomic E-state index is 0.00954. The number of carbonyl (C=O) groups excluding carboxylic acids is 1. The van der Waals surface area contributed by atoms with Crippen LogP contribution in [0.4, 0.5) is 4.79 Å². The Bertz CT molecular complexity index is 281. The van der Waals surface area contributed by atoms with Crippen molar-refractivity contribution in [2.45, 2.75) is 32.6 Å². The number of hydrogen-bond acceptors (Lipinski definition) is 2. The van der Waals surface area contributed by atoms with Crippen molar-refractivity contribution in [3.63, 3.8) is 0 Å². The van der Waals surface area contributed by atoms with Crippen LogP contribution in [0, 0.1) is 11.8 Å². The third-order valence-electron chi connectivity index (χ3n) is 3.35. The highest BCUT2D eigenvalue weighted by Crippen LogP contribution is 2.29. The first-order valence-corrected chi connectivity index (χ1v) is 6.19. The van der Waals surface area contributed by atoms with Crippen LogP contribution in [0.2, 0.25) is 0 Å². The van der Waals surface area contributed by atoms with Crippen LogP contribution in [0.5, 0.6) is 0 Å². The molecule has 0 bridgehead atoms. The van der Waals surface area contributed by atoms with Gasteiger partial charge in [0.25, 0.3) is 0 Å². The monoisotopic (exact) mass is 242 g/mol. The van der Waals surface area contributed by atoms with Gasteiger partial charge in [0, 0.05) is 20.1 Å². The highest BCUT2D eigenvalue weighted by Gasteiger charge is 2.22. The third-order valence-corrected chi connectivity index (χ3v) is 3.35. The maximum absolute atomic E-state index is 11.6. The Labute approximate surface area is 102 Å². The van der Waals surface area contributed by atoms with Gasteiger partial charge >= 0.3 is 12.0 Å². The highest BCUT2D eigenvalue weighted by atomic mass is 16.4. The number of carboxylic acids is 1. The minimum Gasteiger partial charge on any atom is -0.481 e. The molecule has 2 unspecified atom stereocenters. The quantitative estimate of drug-likeness (QED) is 0.768. The molecular formula is C12H22N2O3. The molecule has 98 valence electrons. The van der Waals surface area contributed by atoms with Gasteiger partial charge in [-0.2, -0.15) is 0 Å². The molecular weight excluding hydrogens is 220 g/mol. The van der Waals surface area contributed by atoms with Gasteiger partial charge in [0.05, 0.1) is 6.42 Å². The molecule has 1 saturated carbocycles. The van der Waals surface area contributed by atoms with Crippen LogP contribution >= 0.6 is 0 Å². The Morgan fingerprint density at radius 2 is 2.12 bits per heavy atom. The first-order chi connectivity index (χ1) is 7.99. The molecule has 0 aromatic rings. The fraction of sp³-hybridized carbons (Fsp3) is 0.833. The Hall–Kier alpha value is -1.26. The predicted octanol–water partition coefficient (Wildman–Crippen LogP) is 1.54. The maximum Gasteiger partial charge on any atom is 0.317 e. The van der Waals surface area contributed by atoms with E-state index in [9.17, 15) is 9.59 Å². The predicted molar refractivity (Wildman–Crippen MR) is 64.8 cm³/mol.